The molecule has 0 radical (unpaired) electrons. The average Bonchev–Trinajstić information content (AvgIpc) is 2.57. The molecule has 0 saturated carbocycles. The van der Waals surface area contributed by atoms with Crippen LogP contribution in [-0.2, 0) is 11.0 Å². The van der Waals surface area contributed by atoms with Crippen molar-refractivity contribution in [1.82, 2.24) is 4.98 Å². The van der Waals surface area contributed by atoms with Gasteiger partial charge in [-0.25, -0.2) is 4.98 Å². The third kappa shape index (κ3) is 5.16. The number of carbonyl (C=O) groups is 1. The number of ether oxygens (including phenoxy) is 1. The molecule has 0 aliphatic carbocycles. The topological polar surface area (TPSA) is 89.3 Å². The van der Waals surface area contributed by atoms with Gasteiger partial charge in [-0.2, -0.15) is 13.2 Å². The maximum Gasteiger partial charge on any atom is 0.417 e. The summed E-state index contributed by atoms with van der Waals surface area (Å²) < 4.78 is 42.7. The van der Waals surface area contributed by atoms with Crippen molar-refractivity contribution in [3.8, 4) is 5.75 Å². The zero-order valence-corrected chi connectivity index (χ0v) is 14.4. The van der Waals surface area contributed by atoms with E-state index in [1.54, 1.807) is 18.2 Å². The van der Waals surface area contributed by atoms with Crippen LogP contribution in [0.3, 0.4) is 0 Å². The molecule has 0 aliphatic rings. The monoisotopic (exact) mass is 388 g/mol. The van der Waals surface area contributed by atoms with Crippen LogP contribution in [0.4, 0.5) is 30.4 Å². The predicted octanol–water partition coefficient (Wildman–Crippen LogP) is 3.79. The van der Waals surface area contributed by atoms with E-state index < -0.39 is 11.7 Å². The molecule has 0 atom stereocenters. The Kier molecular flexibility index (Phi) is 6.14. The van der Waals surface area contributed by atoms with Gasteiger partial charge in [0.15, 0.2) is 0 Å². The zero-order valence-electron chi connectivity index (χ0n) is 13.7. The first-order valence-electron chi connectivity index (χ1n) is 7.40. The van der Waals surface area contributed by atoms with Crippen molar-refractivity contribution >= 4 is 34.7 Å². The Morgan fingerprint density at radius 3 is 2.69 bits per heavy atom. The predicted molar refractivity (Wildman–Crippen MR) is 93.4 cm³/mol. The highest BCUT2D eigenvalue weighted by molar-refractivity contribution is 6.33. The first-order chi connectivity index (χ1) is 12.2. The van der Waals surface area contributed by atoms with Gasteiger partial charge in [-0.05, 0) is 18.2 Å². The Labute approximate surface area is 152 Å². The number of nitrogens with one attached hydrogen (secondary N) is 2. The van der Waals surface area contributed by atoms with Crippen LogP contribution in [0.25, 0.3) is 0 Å². The SMILES string of the molecule is COc1ccc(N)c(NC(=O)CCNc2ncc(C(F)(F)F)cc2Cl)c1. The highest BCUT2D eigenvalue weighted by atomic mass is 35.5. The van der Waals surface area contributed by atoms with Crippen molar-refractivity contribution in [3.05, 3.63) is 41.0 Å². The van der Waals surface area contributed by atoms with Crippen molar-refractivity contribution in [3.63, 3.8) is 0 Å². The lowest BCUT2D eigenvalue weighted by Crippen LogP contribution is -2.17. The molecule has 140 valence electrons. The van der Waals surface area contributed by atoms with E-state index in [2.05, 4.69) is 15.6 Å². The molecule has 0 saturated heterocycles. The quantitative estimate of drug-likeness (QED) is 0.655. The molecule has 2 aromatic rings. The zero-order chi connectivity index (χ0) is 19.3. The van der Waals surface area contributed by atoms with Crippen molar-refractivity contribution in [1.29, 1.82) is 0 Å². The fourth-order valence-corrected chi connectivity index (χ4v) is 2.23. The molecule has 0 fully saturated rings. The van der Waals surface area contributed by atoms with Crippen molar-refractivity contribution < 1.29 is 22.7 Å². The number of nitrogen functional groups attached to an aromatic ring is 1. The van der Waals surface area contributed by atoms with E-state index in [1.165, 1.54) is 7.11 Å². The number of carbonyl (C=O) groups excluding carboxylic acids is 1. The molecule has 26 heavy (non-hydrogen) atoms. The van der Waals surface area contributed by atoms with Crippen LogP contribution in [-0.4, -0.2) is 24.5 Å². The van der Waals surface area contributed by atoms with Gasteiger partial charge in [-0.3, -0.25) is 4.79 Å². The summed E-state index contributed by atoms with van der Waals surface area (Å²) in [6.07, 6.45) is -3.83. The number of anilines is 3. The van der Waals surface area contributed by atoms with E-state index >= 15 is 0 Å². The Bertz CT molecular complexity index is 800. The van der Waals surface area contributed by atoms with Gasteiger partial charge >= 0.3 is 6.18 Å². The first kappa shape index (κ1) is 19.6. The highest BCUT2D eigenvalue weighted by Crippen LogP contribution is 2.32. The van der Waals surface area contributed by atoms with Gasteiger partial charge in [-0.1, -0.05) is 11.6 Å². The lowest BCUT2D eigenvalue weighted by molar-refractivity contribution is -0.137. The molecule has 0 spiro atoms. The van der Waals surface area contributed by atoms with Crippen molar-refractivity contribution in [2.24, 2.45) is 0 Å². The number of amides is 1. The van der Waals surface area contributed by atoms with Gasteiger partial charge < -0.3 is 21.1 Å². The van der Waals surface area contributed by atoms with E-state index in [9.17, 15) is 18.0 Å². The molecule has 0 bridgehead atoms. The van der Waals surface area contributed by atoms with Gasteiger partial charge in [0.2, 0.25) is 5.91 Å². The van der Waals surface area contributed by atoms with E-state index in [1.807, 2.05) is 0 Å². The summed E-state index contributed by atoms with van der Waals surface area (Å²) in [5, 5.41) is 5.16. The van der Waals surface area contributed by atoms with Crippen LogP contribution in [0.2, 0.25) is 5.02 Å². The number of pyridine rings is 1. The normalized spacial score (nSPS) is 11.1. The number of nitrogens with two attached hydrogens (primary N) is 1. The van der Waals surface area contributed by atoms with Crippen LogP contribution >= 0.6 is 11.6 Å². The van der Waals surface area contributed by atoms with Crippen LogP contribution in [0.5, 0.6) is 5.75 Å². The van der Waals surface area contributed by atoms with Gasteiger partial charge in [0.1, 0.15) is 11.6 Å². The van der Waals surface area contributed by atoms with Crippen molar-refractivity contribution in [2.75, 3.05) is 30.0 Å². The maximum atomic E-state index is 12.6. The summed E-state index contributed by atoms with van der Waals surface area (Å²) >= 11 is 5.78. The number of hydrogen-bond acceptors (Lipinski definition) is 5. The molecular formula is C16H16ClF3N4O2. The molecule has 1 aromatic heterocycles. The molecule has 1 aromatic carbocycles. The molecule has 10 heteroatoms. The Hall–Kier alpha value is -2.68. The lowest BCUT2D eigenvalue weighted by atomic mass is 10.2. The Balaban J connectivity index is 1.91. The number of halogens is 4. The number of hydrogen-bond donors (Lipinski definition) is 3. The second-order valence-electron chi connectivity index (χ2n) is 5.23. The number of rotatable bonds is 6. The highest BCUT2D eigenvalue weighted by Gasteiger charge is 2.31. The fraction of sp³-hybridized carbons (Fsp3) is 0.250. The Morgan fingerprint density at radius 1 is 1.35 bits per heavy atom. The van der Waals surface area contributed by atoms with E-state index in [0.717, 1.165) is 6.07 Å². The van der Waals surface area contributed by atoms with Crippen molar-refractivity contribution in [2.45, 2.75) is 12.6 Å². The van der Waals surface area contributed by atoms with E-state index in [-0.39, 0.29) is 29.7 Å². The van der Waals surface area contributed by atoms with Gasteiger partial charge in [0.25, 0.3) is 0 Å². The number of aromatic nitrogens is 1. The summed E-state index contributed by atoms with van der Waals surface area (Å²) in [5.41, 5.74) is 5.61. The smallest absolute Gasteiger partial charge is 0.417 e. The molecule has 0 aliphatic heterocycles. The summed E-state index contributed by atoms with van der Waals surface area (Å²) in [6, 6.07) is 5.60. The minimum absolute atomic E-state index is 0.0235. The third-order valence-electron chi connectivity index (χ3n) is 3.35. The molecule has 4 N–H and O–H groups in total. The number of nitrogens with zero attached hydrogens (tertiary/aromatic N) is 1. The third-order valence-corrected chi connectivity index (χ3v) is 3.64. The summed E-state index contributed by atoms with van der Waals surface area (Å²) in [7, 11) is 1.49. The van der Waals surface area contributed by atoms with Crippen LogP contribution in [0, 0.1) is 0 Å². The number of benzene rings is 1. The molecule has 0 unspecified atom stereocenters. The average molecular weight is 389 g/mol. The molecular weight excluding hydrogens is 373 g/mol. The lowest BCUT2D eigenvalue weighted by Gasteiger charge is -2.12. The second kappa shape index (κ2) is 8.13. The molecule has 6 nitrogen and oxygen atoms in total. The Morgan fingerprint density at radius 2 is 2.08 bits per heavy atom. The van der Waals surface area contributed by atoms with Crippen LogP contribution < -0.4 is 21.1 Å². The fourth-order valence-electron chi connectivity index (χ4n) is 2.00. The minimum Gasteiger partial charge on any atom is -0.497 e. The van der Waals surface area contributed by atoms with E-state index in [4.69, 9.17) is 22.1 Å². The number of alkyl halides is 3. The minimum atomic E-state index is -4.52. The molecule has 1 amide bonds. The van der Waals surface area contributed by atoms with Gasteiger partial charge in [-0.15, -0.1) is 0 Å². The van der Waals surface area contributed by atoms with Crippen LogP contribution in [0.1, 0.15) is 12.0 Å². The standard InChI is InChI=1S/C16H16ClF3N4O2/c1-26-10-2-3-12(21)13(7-10)24-14(25)4-5-22-15-11(17)6-9(8-23-15)16(18,19)20/h2-3,6-8H,4-5,21H2,1H3,(H,22,23)(H,24,25). The van der Waals surface area contributed by atoms with Gasteiger partial charge in [0, 0.05) is 25.2 Å². The second-order valence-corrected chi connectivity index (χ2v) is 5.64. The largest absolute Gasteiger partial charge is 0.497 e. The summed E-state index contributed by atoms with van der Waals surface area (Å²) in [6.45, 7) is 0.119. The van der Waals surface area contributed by atoms with E-state index in [0.29, 0.717) is 23.3 Å². The number of methoxy groups -OCH3 is 1. The maximum absolute atomic E-state index is 12.6. The molecule has 2 rings (SSSR count). The summed E-state index contributed by atoms with van der Waals surface area (Å²) in [4.78, 5) is 15.6. The molecule has 1 heterocycles. The van der Waals surface area contributed by atoms with Crippen LogP contribution in [0.15, 0.2) is 30.5 Å². The summed E-state index contributed by atoms with van der Waals surface area (Å²) in [5.74, 6) is 0.252. The van der Waals surface area contributed by atoms with Gasteiger partial charge in [0.05, 0.1) is 29.1 Å². The first-order valence-corrected chi connectivity index (χ1v) is 7.78.